The van der Waals surface area contributed by atoms with Gasteiger partial charge in [-0.3, -0.25) is 4.98 Å². The molecule has 0 fully saturated rings. The Morgan fingerprint density at radius 3 is 2.74 bits per heavy atom. The highest BCUT2D eigenvalue weighted by Gasteiger charge is 2.12. The maximum atomic E-state index is 4.71. The quantitative estimate of drug-likeness (QED) is 0.472. The highest BCUT2D eigenvalue weighted by molar-refractivity contribution is 9.10. The largest absolute Gasteiger partial charge is 0.366 e. The molecule has 0 saturated carbocycles. The number of fused-ring (bicyclic) bond motifs is 1. The average Bonchev–Trinajstić information content (AvgIpc) is 3.08. The first-order valence-corrected chi connectivity index (χ1v) is 9.48. The molecule has 7 heteroatoms. The van der Waals surface area contributed by atoms with E-state index in [0.717, 1.165) is 27.3 Å². The zero-order chi connectivity index (χ0) is 18.6. The Labute approximate surface area is 165 Å². The fourth-order valence-corrected chi connectivity index (χ4v) is 3.23. The van der Waals surface area contributed by atoms with Crippen LogP contribution in [0.1, 0.15) is 24.1 Å². The minimum atomic E-state index is 0.133. The third kappa shape index (κ3) is 3.93. The van der Waals surface area contributed by atoms with Crippen molar-refractivity contribution in [3.8, 4) is 0 Å². The molecule has 3 aromatic heterocycles. The van der Waals surface area contributed by atoms with Gasteiger partial charge in [-0.2, -0.15) is 9.61 Å². The summed E-state index contributed by atoms with van der Waals surface area (Å²) in [6.07, 6.45) is 5.37. The zero-order valence-electron chi connectivity index (χ0n) is 14.8. The van der Waals surface area contributed by atoms with Crippen molar-refractivity contribution in [2.75, 3.05) is 10.6 Å². The van der Waals surface area contributed by atoms with Crippen LogP contribution in [-0.4, -0.2) is 19.6 Å². The lowest BCUT2D eigenvalue weighted by atomic mass is 10.1. The normalized spacial score (nSPS) is 12.1. The summed E-state index contributed by atoms with van der Waals surface area (Å²) in [5, 5.41) is 11.3. The standard InChI is InChI=1S/C20H19BrN6/c1-14(16-7-3-2-4-8-16)25-18-10-19(23-12-15-6-5-9-22-11-15)27-20(26-18)17(21)13-24-27/h2-11,13-14,23H,12H2,1H3,(H,25,26). The SMILES string of the molecule is CC(Nc1cc(NCc2cccnc2)n2ncc(Br)c2n1)c1ccccc1. The van der Waals surface area contributed by atoms with Crippen LogP contribution in [0.4, 0.5) is 11.6 Å². The molecule has 0 amide bonds. The summed E-state index contributed by atoms with van der Waals surface area (Å²) in [7, 11) is 0. The Hall–Kier alpha value is -2.93. The molecule has 1 atom stereocenters. The summed E-state index contributed by atoms with van der Waals surface area (Å²) in [5.74, 6) is 1.64. The number of anilines is 2. The fraction of sp³-hybridized carbons (Fsp3) is 0.150. The predicted octanol–water partition coefficient (Wildman–Crippen LogP) is 4.67. The fourth-order valence-electron chi connectivity index (χ4n) is 2.88. The first kappa shape index (κ1) is 17.5. The second-order valence-electron chi connectivity index (χ2n) is 6.25. The van der Waals surface area contributed by atoms with Gasteiger partial charge in [0.15, 0.2) is 5.65 Å². The van der Waals surface area contributed by atoms with E-state index in [4.69, 9.17) is 4.98 Å². The van der Waals surface area contributed by atoms with Crippen LogP contribution in [0.5, 0.6) is 0 Å². The lowest BCUT2D eigenvalue weighted by molar-refractivity contribution is 0.865. The minimum absolute atomic E-state index is 0.133. The van der Waals surface area contributed by atoms with Crippen LogP contribution in [0.15, 0.2) is 71.6 Å². The van der Waals surface area contributed by atoms with E-state index in [1.807, 2.05) is 42.6 Å². The highest BCUT2D eigenvalue weighted by atomic mass is 79.9. The van der Waals surface area contributed by atoms with Crippen molar-refractivity contribution in [1.29, 1.82) is 0 Å². The molecule has 0 bridgehead atoms. The third-order valence-electron chi connectivity index (χ3n) is 4.29. The number of hydrogen-bond donors (Lipinski definition) is 2. The number of rotatable bonds is 6. The van der Waals surface area contributed by atoms with Crippen molar-refractivity contribution in [3.63, 3.8) is 0 Å². The molecule has 136 valence electrons. The van der Waals surface area contributed by atoms with E-state index in [2.05, 4.69) is 55.7 Å². The van der Waals surface area contributed by atoms with Gasteiger partial charge in [0.25, 0.3) is 0 Å². The summed E-state index contributed by atoms with van der Waals surface area (Å²) in [6.45, 7) is 2.77. The molecule has 27 heavy (non-hydrogen) atoms. The maximum absolute atomic E-state index is 4.71. The lowest BCUT2D eigenvalue weighted by Gasteiger charge is -2.17. The van der Waals surface area contributed by atoms with Crippen molar-refractivity contribution >= 4 is 33.2 Å². The summed E-state index contributed by atoms with van der Waals surface area (Å²) in [6, 6.07) is 16.4. The van der Waals surface area contributed by atoms with E-state index in [9.17, 15) is 0 Å². The van der Waals surface area contributed by atoms with E-state index in [0.29, 0.717) is 6.54 Å². The Morgan fingerprint density at radius 1 is 1.11 bits per heavy atom. The summed E-state index contributed by atoms with van der Waals surface area (Å²) in [5.41, 5.74) is 3.06. The molecule has 1 unspecified atom stereocenters. The van der Waals surface area contributed by atoms with Crippen molar-refractivity contribution in [2.45, 2.75) is 19.5 Å². The van der Waals surface area contributed by atoms with Crippen molar-refractivity contribution < 1.29 is 0 Å². The van der Waals surface area contributed by atoms with Crippen molar-refractivity contribution in [1.82, 2.24) is 19.6 Å². The first-order chi connectivity index (χ1) is 13.2. The lowest BCUT2D eigenvalue weighted by Crippen LogP contribution is -2.11. The van der Waals surface area contributed by atoms with E-state index >= 15 is 0 Å². The predicted molar refractivity (Wildman–Crippen MR) is 111 cm³/mol. The van der Waals surface area contributed by atoms with Gasteiger partial charge in [0.1, 0.15) is 11.6 Å². The number of nitrogens with one attached hydrogen (secondary N) is 2. The van der Waals surface area contributed by atoms with Gasteiger partial charge < -0.3 is 10.6 Å². The second-order valence-corrected chi connectivity index (χ2v) is 7.10. The van der Waals surface area contributed by atoms with Gasteiger partial charge in [0, 0.05) is 31.0 Å². The topological polar surface area (TPSA) is 67.1 Å². The molecular formula is C20H19BrN6. The van der Waals surface area contributed by atoms with E-state index < -0.39 is 0 Å². The average molecular weight is 423 g/mol. The summed E-state index contributed by atoms with van der Waals surface area (Å²) >= 11 is 3.53. The smallest absolute Gasteiger partial charge is 0.173 e. The van der Waals surface area contributed by atoms with Crippen LogP contribution in [0.2, 0.25) is 0 Å². The molecule has 0 aliphatic rings. The summed E-state index contributed by atoms with van der Waals surface area (Å²) < 4.78 is 2.64. The van der Waals surface area contributed by atoms with Gasteiger partial charge in [-0.15, -0.1) is 0 Å². The van der Waals surface area contributed by atoms with Gasteiger partial charge in [0.05, 0.1) is 10.7 Å². The van der Waals surface area contributed by atoms with Crippen LogP contribution in [0.3, 0.4) is 0 Å². The Balaban J connectivity index is 1.62. The van der Waals surface area contributed by atoms with Gasteiger partial charge in [0.2, 0.25) is 0 Å². The van der Waals surface area contributed by atoms with Crippen molar-refractivity contribution in [2.24, 2.45) is 0 Å². The van der Waals surface area contributed by atoms with Crippen LogP contribution < -0.4 is 10.6 Å². The highest BCUT2D eigenvalue weighted by Crippen LogP contribution is 2.25. The minimum Gasteiger partial charge on any atom is -0.366 e. The second kappa shape index (κ2) is 7.75. The molecule has 0 saturated heterocycles. The van der Waals surface area contributed by atoms with Gasteiger partial charge >= 0.3 is 0 Å². The molecule has 6 nitrogen and oxygen atoms in total. The monoisotopic (exact) mass is 422 g/mol. The molecule has 0 radical (unpaired) electrons. The van der Waals surface area contributed by atoms with Crippen LogP contribution >= 0.6 is 15.9 Å². The van der Waals surface area contributed by atoms with Gasteiger partial charge in [-0.25, -0.2) is 4.98 Å². The molecule has 0 aliphatic carbocycles. The number of nitrogens with zero attached hydrogens (tertiary/aromatic N) is 4. The Bertz CT molecular complexity index is 1030. The Kier molecular flexibility index (Phi) is 5.02. The number of aromatic nitrogens is 4. The number of pyridine rings is 1. The Morgan fingerprint density at radius 2 is 1.96 bits per heavy atom. The van der Waals surface area contributed by atoms with E-state index in [-0.39, 0.29) is 6.04 Å². The van der Waals surface area contributed by atoms with Crippen molar-refractivity contribution in [3.05, 3.63) is 82.7 Å². The molecule has 4 rings (SSSR count). The third-order valence-corrected chi connectivity index (χ3v) is 4.85. The molecular weight excluding hydrogens is 404 g/mol. The molecule has 4 aromatic rings. The molecule has 2 N–H and O–H groups in total. The van der Waals surface area contributed by atoms with Crippen LogP contribution in [-0.2, 0) is 6.54 Å². The number of halogens is 1. The van der Waals surface area contributed by atoms with Gasteiger partial charge in [-0.05, 0) is 40.0 Å². The number of benzene rings is 1. The molecule has 0 spiro atoms. The van der Waals surface area contributed by atoms with Crippen LogP contribution in [0.25, 0.3) is 5.65 Å². The maximum Gasteiger partial charge on any atom is 0.173 e. The van der Waals surface area contributed by atoms with E-state index in [1.54, 1.807) is 16.9 Å². The van der Waals surface area contributed by atoms with Gasteiger partial charge in [-0.1, -0.05) is 36.4 Å². The van der Waals surface area contributed by atoms with Crippen LogP contribution in [0, 0.1) is 0 Å². The molecule has 1 aromatic carbocycles. The van der Waals surface area contributed by atoms with E-state index in [1.165, 1.54) is 5.56 Å². The molecule has 3 heterocycles. The zero-order valence-corrected chi connectivity index (χ0v) is 16.4. The molecule has 0 aliphatic heterocycles. The first-order valence-electron chi connectivity index (χ1n) is 8.69. The number of hydrogen-bond acceptors (Lipinski definition) is 5. The summed E-state index contributed by atoms with van der Waals surface area (Å²) in [4.78, 5) is 8.87.